The van der Waals surface area contributed by atoms with E-state index in [2.05, 4.69) is 43.4 Å². The fraction of sp³-hybridized carbons (Fsp3) is 0.650. The van der Waals surface area contributed by atoms with Gasteiger partial charge in [-0.25, -0.2) is 0 Å². The molecule has 0 aromatic rings. The highest BCUT2D eigenvalue weighted by Gasteiger charge is 1.92. The molecule has 0 aromatic heterocycles. The molecular formula is C20H34O2. The van der Waals surface area contributed by atoms with Crippen LogP contribution in [0.2, 0.25) is 0 Å². The lowest BCUT2D eigenvalue weighted by atomic mass is 10.1. The lowest BCUT2D eigenvalue weighted by Crippen LogP contribution is -1.92. The van der Waals surface area contributed by atoms with Gasteiger partial charge in [0.2, 0.25) is 0 Å². The first-order valence-electron chi connectivity index (χ1n) is 8.94. The van der Waals surface area contributed by atoms with Gasteiger partial charge in [-0.15, -0.1) is 0 Å². The van der Waals surface area contributed by atoms with Crippen LogP contribution >= 0.6 is 0 Å². The number of carbonyl (C=O) groups is 1. The van der Waals surface area contributed by atoms with Crippen molar-refractivity contribution in [1.29, 1.82) is 0 Å². The van der Waals surface area contributed by atoms with Crippen LogP contribution in [0.25, 0.3) is 0 Å². The summed E-state index contributed by atoms with van der Waals surface area (Å²) in [5.74, 6) is -0.707. The van der Waals surface area contributed by atoms with Crippen LogP contribution in [0.1, 0.15) is 84.0 Å². The van der Waals surface area contributed by atoms with E-state index in [-0.39, 0.29) is 6.42 Å². The van der Waals surface area contributed by atoms with Gasteiger partial charge in [0.25, 0.3) is 0 Å². The summed E-state index contributed by atoms with van der Waals surface area (Å²) in [6, 6.07) is 0. The second kappa shape index (κ2) is 17.7. The van der Waals surface area contributed by atoms with Crippen LogP contribution in [-0.2, 0) is 4.79 Å². The van der Waals surface area contributed by atoms with Gasteiger partial charge >= 0.3 is 5.97 Å². The Balaban J connectivity index is 3.30. The summed E-state index contributed by atoms with van der Waals surface area (Å²) >= 11 is 0. The lowest BCUT2D eigenvalue weighted by molar-refractivity contribution is -0.137. The van der Waals surface area contributed by atoms with Gasteiger partial charge in [0, 0.05) is 6.42 Å². The molecule has 22 heavy (non-hydrogen) atoms. The van der Waals surface area contributed by atoms with Gasteiger partial charge in [-0.3, -0.25) is 4.79 Å². The second-order valence-electron chi connectivity index (χ2n) is 5.73. The number of unbranched alkanes of at least 4 members (excludes halogenated alkanes) is 7. The Morgan fingerprint density at radius 2 is 1.23 bits per heavy atom. The quantitative estimate of drug-likeness (QED) is 0.279. The summed E-state index contributed by atoms with van der Waals surface area (Å²) in [5, 5.41) is 8.50. The van der Waals surface area contributed by atoms with Crippen molar-refractivity contribution >= 4 is 5.97 Å². The zero-order valence-electron chi connectivity index (χ0n) is 14.3. The van der Waals surface area contributed by atoms with E-state index < -0.39 is 5.97 Å². The van der Waals surface area contributed by atoms with Crippen molar-refractivity contribution in [1.82, 2.24) is 0 Å². The van der Waals surface area contributed by atoms with Crippen LogP contribution in [0.15, 0.2) is 36.5 Å². The molecule has 126 valence electrons. The van der Waals surface area contributed by atoms with E-state index >= 15 is 0 Å². The Morgan fingerprint density at radius 1 is 0.727 bits per heavy atom. The number of hydrogen-bond donors (Lipinski definition) is 1. The Hall–Kier alpha value is -1.31. The molecule has 2 heteroatoms. The number of rotatable bonds is 15. The molecule has 0 spiro atoms. The van der Waals surface area contributed by atoms with Gasteiger partial charge in [-0.05, 0) is 38.5 Å². The molecule has 0 rings (SSSR count). The van der Waals surface area contributed by atoms with Crippen molar-refractivity contribution in [2.45, 2.75) is 84.0 Å². The maximum Gasteiger partial charge on any atom is 0.303 e. The van der Waals surface area contributed by atoms with Gasteiger partial charge in [-0.2, -0.15) is 0 Å². The summed E-state index contributed by atoms with van der Waals surface area (Å²) in [6.07, 6.45) is 26.3. The topological polar surface area (TPSA) is 37.3 Å². The Kier molecular flexibility index (Phi) is 16.7. The third kappa shape index (κ3) is 18.7. The fourth-order valence-electron chi connectivity index (χ4n) is 2.19. The molecule has 0 amide bonds. The van der Waals surface area contributed by atoms with Gasteiger partial charge in [0.1, 0.15) is 0 Å². The second-order valence-corrected chi connectivity index (χ2v) is 5.73. The monoisotopic (exact) mass is 306 g/mol. The molecule has 0 aromatic carbocycles. The molecule has 0 aliphatic heterocycles. The molecule has 0 aliphatic carbocycles. The van der Waals surface area contributed by atoms with Crippen molar-refractivity contribution in [3.05, 3.63) is 36.5 Å². The van der Waals surface area contributed by atoms with E-state index in [4.69, 9.17) is 5.11 Å². The molecule has 0 bridgehead atoms. The summed E-state index contributed by atoms with van der Waals surface area (Å²) in [7, 11) is 0. The van der Waals surface area contributed by atoms with Crippen LogP contribution in [0, 0.1) is 0 Å². The van der Waals surface area contributed by atoms with E-state index in [0.717, 1.165) is 25.7 Å². The minimum atomic E-state index is -0.707. The molecular weight excluding hydrogens is 272 g/mol. The minimum absolute atomic E-state index is 0.267. The average molecular weight is 306 g/mol. The normalized spacial score (nSPS) is 12.0. The maximum atomic E-state index is 10.3. The fourth-order valence-corrected chi connectivity index (χ4v) is 2.19. The molecule has 0 radical (unpaired) electrons. The van der Waals surface area contributed by atoms with Crippen LogP contribution < -0.4 is 0 Å². The number of allylic oxidation sites excluding steroid dienone is 6. The molecule has 0 atom stereocenters. The van der Waals surface area contributed by atoms with Crippen LogP contribution in [0.3, 0.4) is 0 Å². The number of carboxylic acid groups (broad SMARTS) is 1. The first kappa shape index (κ1) is 20.7. The molecule has 0 saturated heterocycles. The number of carboxylic acids is 1. The summed E-state index contributed by atoms with van der Waals surface area (Å²) in [5.41, 5.74) is 0. The van der Waals surface area contributed by atoms with E-state index in [0.29, 0.717) is 0 Å². The lowest BCUT2D eigenvalue weighted by Gasteiger charge is -1.97. The van der Waals surface area contributed by atoms with Crippen molar-refractivity contribution in [3.63, 3.8) is 0 Å². The van der Waals surface area contributed by atoms with Crippen LogP contribution in [0.4, 0.5) is 0 Å². The predicted octanol–water partition coefficient (Wildman–Crippen LogP) is 6.44. The van der Waals surface area contributed by atoms with Crippen molar-refractivity contribution in [3.8, 4) is 0 Å². The molecule has 2 nitrogen and oxygen atoms in total. The zero-order chi connectivity index (χ0) is 16.3. The SMILES string of the molecule is CCCCCCCC/C=C\C/C=C\C/C=C/CCCC(=O)O. The van der Waals surface area contributed by atoms with E-state index in [1.807, 2.05) is 0 Å². The van der Waals surface area contributed by atoms with E-state index in [1.54, 1.807) is 0 Å². The highest BCUT2D eigenvalue weighted by molar-refractivity contribution is 5.66. The maximum absolute atomic E-state index is 10.3. The van der Waals surface area contributed by atoms with Gasteiger partial charge in [0.15, 0.2) is 0 Å². The van der Waals surface area contributed by atoms with E-state index in [9.17, 15) is 4.79 Å². The highest BCUT2D eigenvalue weighted by Crippen LogP contribution is 2.07. The summed E-state index contributed by atoms with van der Waals surface area (Å²) < 4.78 is 0. The zero-order valence-corrected chi connectivity index (χ0v) is 14.3. The standard InChI is InChI=1S/C20H34O2/c1-2-3-4-5-6-7-8-9-10-11-12-13-14-15-16-17-18-19-20(21)22/h9-10,12-13,15-16H,2-8,11,14,17-19H2,1H3,(H,21,22)/b10-9-,13-12-,16-15+. The summed E-state index contributed by atoms with van der Waals surface area (Å²) in [4.78, 5) is 10.3. The first-order valence-corrected chi connectivity index (χ1v) is 8.94. The average Bonchev–Trinajstić information content (AvgIpc) is 2.50. The molecule has 0 heterocycles. The van der Waals surface area contributed by atoms with Crippen molar-refractivity contribution in [2.75, 3.05) is 0 Å². The Morgan fingerprint density at radius 3 is 1.82 bits per heavy atom. The van der Waals surface area contributed by atoms with E-state index in [1.165, 1.54) is 44.9 Å². The molecule has 1 N–H and O–H groups in total. The smallest absolute Gasteiger partial charge is 0.303 e. The summed E-state index contributed by atoms with van der Waals surface area (Å²) in [6.45, 7) is 2.26. The number of hydrogen-bond acceptors (Lipinski definition) is 1. The van der Waals surface area contributed by atoms with Crippen molar-refractivity contribution in [2.24, 2.45) is 0 Å². The first-order chi connectivity index (χ1) is 10.8. The van der Waals surface area contributed by atoms with Crippen LogP contribution in [-0.4, -0.2) is 11.1 Å². The predicted molar refractivity (Wildman–Crippen MR) is 96.1 cm³/mol. The molecule has 0 aliphatic rings. The van der Waals surface area contributed by atoms with Gasteiger partial charge < -0.3 is 5.11 Å². The van der Waals surface area contributed by atoms with Gasteiger partial charge in [-0.1, -0.05) is 75.5 Å². The molecule has 0 unspecified atom stereocenters. The van der Waals surface area contributed by atoms with Crippen LogP contribution in [0.5, 0.6) is 0 Å². The Bertz CT molecular complexity index is 327. The van der Waals surface area contributed by atoms with Gasteiger partial charge in [0.05, 0.1) is 0 Å². The third-order valence-corrected chi connectivity index (χ3v) is 3.53. The third-order valence-electron chi connectivity index (χ3n) is 3.53. The molecule has 0 saturated carbocycles. The van der Waals surface area contributed by atoms with Crippen molar-refractivity contribution < 1.29 is 9.90 Å². The highest BCUT2D eigenvalue weighted by atomic mass is 16.4. The minimum Gasteiger partial charge on any atom is -0.481 e. The molecule has 0 fully saturated rings. The Labute approximate surface area is 137 Å². The number of aliphatic carboxylic acids is 1. The largest absolute Gasteiger partial charge is 0.481 e.